The maximum Gasteiger partial charge on any atom is 0.308 e. The lowest BCUT2D eigenvalue weighted by molar-refractivity contribution is -0.159. The number of esters is 1. The van der Waals surface area contributed by atoms with E-state index < -0.39 is 5.60 Å². The van der Waals surface area contributed by atoms with Gasteiger partial charge in [-0.05, 0) is 58.4 Å². The first-order chi connectivity index (χ1) is 10.2. The molecule has 3 heteroatoms. The van der Waals surface area contributed by atoms with Gasteiger partial charge >= 0.3 is 5.97 Å². The van der Waals surface area contributed by atoms with Gasteiger partial charge in [-0.25, -0.2) is 0 Å². The van der Waals surface area contributed by atoms with Crippen LogP contribution >= 0.6 is 0 Å². The van der Waals surface area contributed by atoms with Crippen LogP contribution in [0.15, 0.2) is 23.8 Å². The maximum absolute atomic E-state index is 11.6. The predicted octanol–water partition coefficient (Wildman–Crippen LogP) is 4.67. The monoisotopic (exact) mass is 308 g/mol. The molecule has 1 rings (SSSR count). The van der Waals surface area contributed by atoms with Gasteiger partial charge in [-0.15, -0.1) is 0 Å². The van der Waals surface area contributed by atoms with Gasteiger partial charge in [0.2, 0.25) is 0 Å². The Morgan fingerprint density at radius 3 is 2.55 bits per heavy atom. The van der Waals surface area contributed by atoms with Crippen LogP contribution < -0.4 is 0 Å². The molecule has 0 heterocycles. The number of hydrogen-bond donors (Lipinski definition) is 0. The van der Waals surface area contributed by atoms with E-state index in [1.54, 1.807) is 0 Å². The summed E-state index contributed by atoms with van der Waals surface area (Å²) in [6.07, 6.45) is 10.4. The lowest BCUT2D eigenvalue weighted by atomic mass is 9.91. The summed E-state index contributed by atoms with van der Waals surface area (Å²) >= 11 is 0. The zero-order valence-corrected chi connectivity index (χ0v) is 15.0. The second-order valence-corrected chi connectivity index (χ2v) is 7.24. The number of rotatable bonds is 7. The first-order valence-electron chi connectivity index (χ1n) is 8.39. The molecule has 0 amide bonds. The Morgan fingerprint density at radius 2 is 2.00 bits per heavy atom. The van der Waals surface area contributed by atoms with Crippen LogP contribution in [0, 0.1) is 11.8 Å². The molecule has 2 atom stereocenters. The van der Waals surface area contributed by atoms with Gasteiger partial charge in [-0.3, -0.25) is 4.79 Å². The van der Waals surface area contributed by atoms with Crippen molar-refractivity contribution in [1.82, 2.24) is 0 Å². The highest BCUT2D eigenvalue weighted by atomic mass is 16.6. The Labute approximate surface area is 135 Å². The first-order valence-corrected chi connectivity index (χ1v) is 8.39. The third kappa shape index (κ3) is 6.78. The number of allylic oxidation sites excluding steroid dienone is 3. The zero-order chi connectivity index (χ0) is 16.8. The average Bonchev–Trinajstić information content (AvgIpc) is 2.45. The van der Waals surface area contributed by atoms with Gasteiger partial charge in [0, 0.05) is 0 Å². The molecular formula is C19H32O3. The molecule has 1 aliphatic carbocycles. The molecule has 0 fully saturated rings. The largest absolute Gasteiger partial charge is 0.462 e. The van der Waals surface area contributed by atoms with E-state index in [1.165, 1.54) is 18.4 Å². The molecule has 1 aliphatic rings. The minimum atomic E-state index is -0.481. The molecule has 0 aromatic rings. The fourth-order valence-corrected chi connectivity index (χ4v) is 2.49. The molecule has 126 valence electrons. The first kappa shape index (κ1) is 19.0. The normalized spacial score (nSPS) is 21.0. The number of ether oxygens (including phenoxy) is 2. The molecular weight excluding hydrogens is 276 g/mol. The van der Waals surface area contributed by atoms with Crippen LogP contribution in [0.5, 0.6) is 0 Å². The lowest BCUT2D eigenvalue weighted by Gasteiger charge is -2.30. The maximum atomic E-state index is 11.6. The highest BCUT2D eigenvalue weighted by Crippen LogP contribution is 2.24. The minimum Gasteiger partial charge on any atom is -0.462 e. The van der Waals surface area contributed by atoms with Gasteiger partial charge in [-0.1, -0.05) is 32.1 Å². The summed E-state index contributed by atoms with van der Waals surface area (Å²) in [5.74, 6) is 0.345. The number of carbonyl (C=O) groups excluding carboxylic acids is 1. The van der Waals surface area contributed by atoms with E-state index in [0.717, 1.165) is 6.42 Å². The van der Waals surface area contributed by atoms with Crippen molar-refractivity contribution < 1.29 is 14.3 Å². The second kappa shape index (κ2) is 8.52. The van der Waals surface area contributed by atoms with Crippen molar-refractivity contribution in [3.8, 4) is 0 Å². The average molecular weight is 308 g/mol. The van der Waals surface area contributed by atoms with Crippen molar-refractivity contribution >= 4 is 5.97 Å². The highest BCUT2D eigenvalue weighted by molar-refractivity contribution is 5.71. The van der Waals surface area contributed by atoms with Crippen LogP contribution in [-0.4, -0.2) is 24.3 Å². The Hall–Kier alpha value is -1.09. The van der Waals surface area contributed by atoms with Crippen LogP contribution in [-0.2, 0) is 14.3 Å². The molecule has 2 unspecified atom stereocenters. The van der Waals surface area contributed by atoms with Crippen molar-refractivity contribution in [3.63, 3.8) is 0 Å². The summed E-state index contributed by atoms with van der Waals surface area (Å²) in [5, 5.41) is 0. The van der Waals surface area contributed by atoms with E-state index in [1.807, 2.05) is 27.7 Å². The van der Waals surface area contributed by atoms with Gasteiger partial charge in [0.1, 0.15) is 6.61 Å². The quantitative estimate of drug-likeness (QED) is 0.506. The van der Waals surface area contributed by atoms with Crippen molar-refractivity contribution in [2.24, 2.45) is 11.8 Å². The molecule has 0 bridgehead atoms. The van der Waals surface area contributed by atoms with E-state index in [9.17, 15) is 4.79 Å². The Morgan fingerprint density at radius 1 is 1.32 bits per heavy atom. The van der Waals surface area contributed by atoms with Crippen molar-refractivity contribution in [2.45, 2.75) is 72.5 Å². The standard InChI is InChI=1S/C19H32O3/c1-14(2)18(20)21-13-19(5,6)22-16(4)15(3)12-17-10-8-7-9-11-17/h7-8,12,14,16-17H,9-11,13H2,1-6H3/b15-12+. The molecule has 0 saturated carbocycles. The molecule has 0 N–H and O–H groups in total. The van der Waals surface area contributed by atoms with E-state index in [2.05, 4.69) is 32.1 Å². The zero-order valence-electron chi connectivity index (χ0n) is 15.0. The molecule has 0 saturated heterocycles. The van der Waals surface area contributed by atoms with Crippen LogP contribution in [0.3, 0.4) is 0 Å². The predicted molar refractivity (Wildman–Crippen MR) is 90.7 cm³/mol. The SMILES string of the molecule is C/C(=C\C1CC=CCC1)C(C)OC(C)(C)COC(=O)C(C)C. The van der Waals surface area contributed by atoms with Crippen LogP contribution in [0.2, 0.25) is 0 Å². The van der Waals surface area contributed by atoms with Crippen molar-refractivity contribution in [3.05, 3.63) is 23.8 Å². The Kier molecular flexibility index (Phi) is 7.34. The number of carbonyl (C=O) groups is 1. The van der Waals surface area contributed by atoms with Crippen molar-refractivity contribution in [1.29, 1.82) is 0 Å². The molecule has 0 spiro atoms. The number of hydrogen-bond acceptors (Lipinski definition) is 3. The van der Waals surface area contributed by atoms with Crippen molar-refractivity contribution in [2.75, 3.05) is 6.61 Å². The molecule has 0 aromatic carbocycles. The minimum absolute atomic E-state index is 0.0265. The third-order valence-corrected chi connectivity index (χ3v) is 3.98. The fourth-order valence-electron chi connectivity index (χ4n) is 2.49. The molecule has 0 aromatic heterocycles. The molecule has 22 heavy (non-hydrogen) atoms. The van der Waals surface area contributed by atoms with Crippen LogP contribution in [0.4, 0.5) is 0 Å². The topological polar surface area (TPSA) is 35.5 Å². The summed E-state index contributed by atoms with van der Waals surface area (Å²) in [7, 11) is 0. The van der Waals surface area contributed by atoms with Crippen LogP contribution in [0.25, 0.3) is 0 Å². The molecule has 0 aliphatic heterocycles. The highest BCUT2D eigenvalue weighted by Gasteiger charge is 2.25. The lowest BCUT2D eigenvalue weighted by Crippen LogP contribution is -2.36. The molecule has 0 radical (unpaired) electrons. The second-order valence-electron chi connectivity index (χ2n) is 7.24. The summed E-state index contributed by atoms with van der Waals surface area (Å²) in [6.45, 7) is 12.1. The summed E-state index contributed by atoms with van der Waals surface area (Å²) in [5.41, 5.74) is 0.773. The van der Waals surface area contributed by atoms with E-state index in [0.29, 0.717) is 5.92 Å². The van der Waals surface area contributed by atoms with Gasteiger partial charge in [-0.2, -0.15) is 0 Å². The Bertz CT molecular complexity index is 418. The molecule has 3 nitrogen and oxygen atoms in total. The van der Waals surface area contributed by atoms with E-state index in [-0.39, 0.29) is 24.6 Å². The van der Waals surface area contributed by atoms with E-state index in [4.69, 9.17) is 9.47 Å². The van der Waals surface area contributed by atoms with Gasteiger partial charge in [0.05, 0.1) is 17.6 Å². The summed E-state index contributed by atoms with van der Waals surface area (Å²) in [6, 6.07) is 0. The third-order valence-electron chi connectivity index (χ3n) is 3.98. The van der Waals surface area contributed by atoms with Gasteiger partial charge in [0.25, 0.3) is 0 Å². The van der Waals surface area contributed by atoms with Crippen LogP contribution in [0.1, 0.15) is 60.8 Å². The summed E-state index contributed by atoms with van der Waals surface area (Å²) in [4.78, 5) is 11.6. The smallest absolute Gasteiger partial charge is 0.308 e. The van der Waals surface area contributed by atoms with E-state index >= 15 is 0 Å². The van der Waals surface area contributed by atoms with Gasteiger partial charge < -0.3 is 9.47 Å². The summed E-state index contributed by atoms with van der Waals surface area (Å²) < 4.78 is 11.4. The Balaban J connectivity index is 2.50. The fraction of sp³-hybridized carbons (Fsp3) is 0.737. The van der Waals surface area contributed by atoms with Gasteiger partial charge in [0.15, 0.2) is 0 Å².